The number of aromatic amines is 1. The molecular weight excluding hydrogens is 384 g/mol. The zero-order valence-electron chi connectivity index (χ0n) is 16.4. The number of methoxy groups -OCH3 is 1. The highest BCUT2D eigenvalue weighted by Crippen LogP contribution is 2.23. The number of carbonyl (C=O) groups is 1. The van der Waals surface area contributed by atoms with E-state index in [4.69, 9.17) is 4.74 Å². The van der Waals surface area contributed by atoms with Crippen LogP contribution in [-0.2, 0) is 0 Å². The minimum Gasteiger partial charge on any atom is -0.497 e. The Bertz CT molecular complexity index is 1180. The molecule has 1 saturated heterocycles. The molecule has 1 N–H and O–H groups in total. The van der Waals surface area contributed by atoms with E-state index in [0.717, 1.165) is 22.5 Å². The Hall–Kier alpha value is -3.95. The van der Waals surface area contributed by atoms with Gasteiger partial charge in [-0.25, -0.2) is 19.6 Å². The van der Waals surface area contributed by atoms with Gasteiger partial charge in [0.05, 0.1) is 7.11 Å². The van der Waals surface area contributed by atoms with Gasteiger partial charge in [-0.2, -0.15) is 5.10 Å². The minimum absolute atomic E-state index is 0.00388. The van der Waals surface area contributed by atoms with Crippen LogP contribution in [-0.4, -0.2) is 73.8 Å². The molecule has 0 bridgehead atoms. The zero-order chi connectivity index (χ0) is 20.5. The van der Waals surface area contributed by atoms with Crippen molar-refractivity contribution in [3.8, 4) is 11.6 Å². The van der Waals surface area contributed by atoms with Crippen molar-refractivity contribution >= 4 is 22.6 Å². The Morgan fingerprint density at radius 3 is 2.63 bits per heavy atom. The fourth-order valence-corrected chi connectivity index (χ4v) is 3.62. The molecule has 0 atom stereocenters. The second-order valence-corrected chi connectivity index (χ2v) is 6.99. The molecular formula is C20H20N8O2. The Balaban J connectivity index is 1.28. The highest BCUT2D eigenvalue weighted by Gasteiger charge is 2.24. The topological polar surface area (TPSA) is 105 Å². The van der Waals surface area contributed by atoms with Crippen molar-refractivity contribution in [2.24, 2.45) is 0 Å². The lowest BCUT2D eigenvalue weighted by Gasteiger charge is -2.35. The fourth-order valence-electron chi connectivity index (χ4n) is 3.62. The van der Waals surface area contributed by atoms with Gasteiger partial charge in [0.15, 0.2) is 5.82 Å². The van der Waals surface area contributed by atoms with E-state index in [1.54, 1.807) is 18.1 Å². The van der Waals surface area contributed by atoms with Gasteiger partial charge in [0.2, 0.25) is 0 Å². The van der Waals surface area contributed by atoms with Crippen molar-refractivity contribution in [1.29, 1.82) is 0 Å². The monoisotopic (exact) mass is 404 g/mol. The second kappa shape index (κ2) is 7.47. The van der Waals surface area contributed by atoms with Gasteiger partial charge in [0.1, 0.15) is 36.2 Å². The number of nitrogens with zero attached hydrogens (tertiary/aromatic N) is 7. The average Bonchev–Trinajstić information content (AvgIpc) is 3.48. The van der Waals surface area contributed by atoms with E-state index < -0.39 is 0 Å². The molecule has 0 radical (unpaired) electrons. The summed E-state index contributed by atoms with van der Waals surface area (Å²) in [6.45, 7) is 2.60. The standard InChI is InChI=1S/C20H20N8O2/c1-30-15-3-2-14-8-17(25-16(14)9-15)20(29)27-6-4-26(5-7-27)18-10-19(23-12-22-18)28-13-21-11-24-28/h2-3,8-13,25H,4-7H2,1H3. The number of carbonyl (C=O) groups excluding carboxylic acids is 1. The van der Waals surface area contributed by atoms with Crippen LogP contribution >= 0.6 is 0 Å². The average molecular weight is 404 g/mol. The van der Waals surface area contributed by atoms with Crippen LogP contribution in [0.15, 0.2) is 49.3 Å². The SMILES string of the molecule is COc1ccc2cc(C(=O)N3CCN(c4cc(-n5cncn5)ncn4)CC3)[nH]c2c1. The van der Waals surface area contributed by atoms with E-state index in [-0.39, 0.29) is 5.91 Å². The molecule has 10 nitrogen and oxygen atoms in total. The van der Waals surface area contributed by atoms with Gasteiger partial charge in [-0.3, -0.25) is 4.79 Å². The van der Waals surface area contributed by atoms with Gasteiger partial charge in [-0.15, -0.1) is 0 Å². The van der Waals surface area contributed by atoms with E-state index in [1.165, 1.54) is 12.7 Å². The van der Waals surface area contributed by atoms with Crippen molar-refractivity contribution in [3.63, 3.8) is 0 Å². The molecule has 152 valence electrons. The summed E-state index contributed by atoms with van der Waals surface area (Å²) in [6.07, 6.45) is 4.58. The number of fused-ring (bicyclic) bond motifs is 1. The summed E-state index contributed by atoms with van der Waals surface area (Å²) < 4.78 is 6.85. The zero-order valence-corrected chi connectivity index (χ0v) is 16.4. The van der Waals surface area contributed by atoms with E-state index in [9.17, 15) is 4.79 Å². The maximum absolute atomic E-state index is 13.0. The molecule has 1 aliphatic heterocycles. The van der Waals surface area contributed by atoms with Gasteiger partial charge in [-0.1, -0.05) is 0 Å². The van der Waals surface area contributed by atoms with E-state index in [2.05, 4.69) is 29.9 Å². The summed E-state index contributed by atoms with van der Waals surface area (Å²) in [5.74, 6) is 2.22. The number of rotatable bonds is 4. The van der Waals surface area contributed by atoms with Crippen LogP contribution in [0.25, 0.3) is 16.7 Å². The Morgan fingerprint density at radius 1 is 1.03 bits per heavy atom. The van der Waals surface area contributed by atoms with Crippen molar-refractivity contribution in [2.45, 2.75) is 0 Å². The molecule has 10 heteroatoms. The molecule has 0 spiro atoms. The largest absolute Gasteiger partial charge is 0.497 e. The number of anilines is 1. The quantitative estimate of drug-likeness (QED) is 0.550. The Morgan fingerprint density at radius 2 is 1.87 bits per heavy atom. The predicted octanol–water partition coefficient (Wildman–Crippen LogP) is 1.51. The lowest BCUT2D eigenvalue weighted by atomic mass is 10.2. The van der Waals surface area contributed by atoms with Crippen LogP contribution < -0.4 is 9.64 Å². The number of ether oxygens (including phenoxy) is 1. The summed E-state index contributed by atoms with van der Waals surface area (Å²) in [7, 11) is 1.63. The molecule has 0 aliphatic carbocycles. The molecule has 0 saturated carbocycles. The normalized spacial score (nSPS) is 14.3. The first-order valence-corrected chi connectivity index (χ1v) is 9.59. The number of hydrogen-bond acceptors (Lipinski definition) is 7. The van der Waals surface area contributed by atoms with Gasteiger partial charge in [0, 0.05) is 49.2 Å². The smallest absolute Gasteiger partial charge is 0.270 e. The molecule has 1 aromatic carbocycles. The molecule has 30 heavy (non-hydrogen) atoms. The molecule has 1 amide bonds. The van der Waals surface area contributed by atoms with Crippen LogP contribution in [0.2, 0.25) is 0 Å². The summed E-state index contributed by atoms with van der Waals surface area (Å²) in [6, 6.07) is 9.49. The number of benzene rings is 1. The minimum atomic E-state index is -0.00388. The lowest BCUT2D eigenvalue weighted by molar-refractivity contribution is 0.0741. The van der Waals surface area contributed by atoms with Crippen LogP contribution in [0.5, 0.6) is 5.75 Å². The highest BCUT2D eigenvalue weighted by atomic mass is 16.5. The number of hydrogen-bond donors (Lipinski definition) is 1. The van der Waals surface area contributed by atoms with Gasteiger partial charge >= 0.3 is 0 Å². The number of nitrogens with one attached hydrogen (secondary N) is 1. The maximum Gasteiger partial charge on any atom is 0.270 e. The number of aromatic nitrogens is 6. The highest BCUT2D eigenvalue weighted by molar-refractivity contribution is 5.98. The van der Waals surface area contributed by atoms with E-state index >= 15 is 0 Å². The molecule has 4 heterocycles. The van der Waals surface area contributed by atoms with Gasteiger partial charge in [-0.05, 0) is 18.2 Å². The van der Waals surface area contributed by atoms with Gasteiger partial charge < -0.3 is 19.5 Å². The van der Waals surface area contributed by atoms with Crippen molar-refractivity contribution in [2.75, 3.05) is 38.2 Å². The van der Waals surface area contributed by atoms with Crippen LogP contribution in [0.4, 0.5) is 5.82 Å². The second-order valence-electron chi connectivity index (χ2n) is 6.99. The lowest BCUT2D eigenvalue weighted by Crippen LogP contribution is -2.49. The third kappa shape index (κ3) is 3.32. The third-order valence-electron chi connectivity index (χ3n) is 5.24. The third-order valence-corrected chi connectivity index (χ3v) is 5.24. The van der Waals surface area contributed by atoms with Crippen LogP contribution in [0.1, 0.15) is 10.5 Å². The molecule has 0 unspecified atom stereocenters. The van der Waals surface area contributed by atoms with Crippen molar-refractivity contribution in [3.05, 3.63) is 55.0 Å². The Labute approximate surface area is 172 Å². The summed E-state index contributed by atoms with van der Waals surface area (Å²) in [4.78, 5) is 32.8. The van der Waals surface area contributed by atoms with Crippen molar-refractivity contribution < 1.29 is 9.53 Å². The summed E-state index contributed by atoms with van der Waals surface area (Å²) in [5, 5.41) is 5.09. The summed E-state index contributed by atoms with van der Waals surface area (Å²) in [5.41, 5.74) is 1.47. The number of piperazine rings is 1. The number of amides is 1. The molecule has 4 aromatic rings. The van der Waals surface area contributed by atoms with E-state index in [1.807, 2.05) is 35.2 Å². The Kier molecular flexibility index (Phi) is 4.51. The first-order valence-electron chi connectivity index (χ1n) is 9.59. The van der Waals surface area contributed by atoms with Gasteiger partial charge in [0.25, 0.3) is 5.91 Å². The predicted molar refractivity (Wildman–Crippen MR) is 110 cm³/mol. The van der Waals surface area contributed by atoms with Crippen LogP contribution in [0, 0.1) is 0 Å². The summed E-state index contributed by atoms with van der Waals surface area (Å²) >= 11 is 0. The molecule has 1 aliphatic rings. The first kappa shape index (κ1) is 18.1. The molecule has 1 fully saturated rings. The fraction of sp³-hybridized carbons (Fsp3) is 0.250. The maximum atomic E-state index is 13.0. The molecule has 3 aromatic heterocycles. The number of H-pyrrole nitrogens is 1. The van der Waals surface area contributed by atoms with Crippen LogP contribution in [0.3, 0.4) is 0 Å². The van der Waals surface area contributed by atoms with E-state index in [0.29, 0.717) is 37.7 Å². The van der Waals surface area contributed by atoms with Crippen molar-refractivity contribution in [1.82, 2.24) is 34.6 Å². The first-order chi connectivity index (χ1) is 14.7. The molecule has 5 rings (SSSR count).